The lowest BCUT2D eigenvalue weighted by molar-refractivity contribution is -0.138. The Morgan fingerprint density at radius 2 is 2.04 bits per heavy atom. The molecule has 0 saturated carbocycles. The number of carbonyl (C=O) groups excluding carboxylic acids is 1. The van der Waals surface area contributed by atoms with Crippen LogP contribution in [0.15, 0.2) is 48.5 Å². The second kappa shape index (κ2) is 8.34. The number of para-hydroxylation sites is 1. The van der Waals surface area contributed by atoms with Crippen LogP contribution < -0.4 is 0 Å². The van der Waals surface area contributed by atoms with E-state index < -0.39 is 6.04 Å². The van der Waals surface area contributed by atoms with Crippen molar-refractivity contribution in [3.05, 3.63) is 64.9 Å². The van der Waals surface area contributed by atoms with Gasteiger partial charge in [-0.15, -0.1) is 11.3 Å². The summed E-state index contributed by atoms with van der Waals surface area (Å²) in [6.07, 6.45) is 0. The van der Waals surface area contributed by atoms with Crippen LogP contribution in [0.3, 0.4) is 0 Å². The van der Waals surface area contributed by atoms with Crippen LogP contribution in [0, 0.1) is 5.82 Å². The average molecular weight is 399 g/mol. The molecule has 0 N–H and O–H groups in total. The van der Waals surface area contributed by atoms with Gasteiger partial charge in [0, 0.05) is 20.1 Å². The zero-order chi connectivity index (χ0) is 19.5. The van der Waals surface area contributed by atoms with Crippen LogP contribution in [0.4, 0.5) is 4.39 Å². The van der Waals surface area contributed by atoms with Crippen LogP contribution in [0.5, 0.6) is 0 Å². The van der Waals surface area contributed by atoms with Crippen LogP contribution >= 0.6 is 11.3 Å². The van der Waals surface area contributed by atoms with Crippen molar-refractivity contribution in [2.45, 2.75) is 12.6 Å². The van der Waals surface area contributed by atoms with Crippen LogP contribution in [0.25, 0.3) is 10.2 Å². The van der Waals surface area contributed by atoms with Gasteiger partial charge in [0.1, 0.15) is 16.9 Å². The van der Waals surface area contributed by atoms with Gasteiger partial charge < -0.3 is 9.64 Å². The molecule has 1 fully saturated rings. The van der Waals surface area contributed by atoms with Crippen LogP contribution in [-0.2, 0) is 16.1 Å². The number of benzene rings is 2. The van der Waals surface area contributed by atoms with Gasteiger partial charge in [-0.25, -0.2) is 9.37 Å². The summed E-state index contributed by atoms with van der Waals surface area (Å²) >= 11 is 1.59. The molecule has 5 nitrogen and oxygen atoms in total. The van der Waals surface area contributed by atoms with Crippen LogP contribution in [0.2, 0.25) is 0 Å². The standard InChI is InChI=1S/C21H22FN3O2S/c1-24(14-19-23-17-7-2-3-8-18(17)28-19)21(26)20(25-9-11-27-12-10-25)15-5-4-6-16(22)13-15/h2-8,13,20H,9-12,14H2,1H3. The maximum Gasteiger partial charge on any atom is 0.244 e. The summed E-state index contributed by atoms with van der Waals surface area (Å²) < 4.78 is 20.4. The van der Waals surface area contributed by atoms with Crippen molar-refractivity contribution < 1.29 is 13.9 Å². The Morgan fingerprint density at radius 1 is 1.25 bits per heavy atom. The van der Waals surface area contributed by atoms with Crippen molar-refractivity contribution in [1.82, 2.24) is 14.8 Å². The normalized spacial score (nSPS) is 16.2. The number of carbonyl (C=O) groups is 1. The highest BCUT2D eigenvalue weighted by Gasteiger charge is 2.31. The first kappa shape index (κ1) is 19.0. The molecule has 0 spiro atoms. The Labute approximate surface area is 167 Å². The lowest BCUT2D eigenvalue weighted by Gasteiger charge is -2.35. The molecular weight excluding hydrogens is 377 g/mol. The highest BCUT2D eigenvalue weighted by Crippen LogP contribution is 2.27. The minimum Gasteiger partial charge on any atom is -0.379 e. The number of halogens is 1. The van der Waals surface area contributed by atoms with Gasteiger partial charge in [-0.05, 0) is 29.8 Å². The Morgan fingerprint density at radius 3 is 2.79 bits per heavy atom. The van der Waals surface area contributed by atoms with Gasteiger partial charge in [0.25, 0.3) is 0 Å². The quantitative estimate of drug-likeness (QED) is 0.659. The number of hydrogen-bond donors (Lipinski definition) is 0. The van der Waals surface area contributed by atoms with Gasteiger partial charge in [-0.1, -0.05) is 24.3 Å². The molecule has 1 aliphatic heterocycles. The topological polar surface area (TPSA) is 45.7 Å². The number of nitrogens with zero attached hydrogens (tertiary/aromatic N) is 3. The molecule has 4 rings (SSSR count). The number of likely N-dealkylation sites (N-methyl/N-ethyl adjacent to an activating group) is 1. The summed E-state index contributed by atoms with van der Waals surface area (Å²) in [6, 6.07) is 13.7. The number of morpholine rings is 1. The maximum absolute atomic E-state index is 13.8. The van der Waals surface area contributed by atoms with Gasteiger partial charge in [-0.3, -0.25) is 9.69 Å². The fourth-order valence-corrected chi connectivity index (χ4v) is 4.52. The van der Waals surface area contributed by atoms with Crippen molar-refractivity contribution in [2.75, 3.05) is 33.4 Å². The van der Waals surface area contributed by atoms with E-state index in [-0.39, 0.29) is 11.7 Å². The lowest BCUT2D eigenvalue weighted by atomic mass is 10.0. The Kier molecular flexibility index (Phi) is 5.66. The van der Waals surface area contributed by atoms with E-state index in [1.807, 2.05) is 30.3 Å². The minimum atomic E-state index is -0.529. The van der Waals surface area contributed by atoms with Crippen molar-refractivity contribution in [1.29, 1.82) is 0 Å². The number of amides is 1. The third-order valence-electron chi connectivity index (χ3n) is 4.90. The van der Waals surface area contributed by atoms with Crippen molar-refractivity contribution >= 4 is 27.5 Å². The summed E-state index contributed by atoms with van der Waals surface area (Å²) in [4.78, 5) is 21.7. The Hall–Kier alpha value is -2.35. The number of hydrogen-bond acceptors (Lipinski definition) is 5. The molecule has 2 aromatic carbocycles. The monoisotopic (exact) mass is 399 g/mol. The highest BCUT2D eigenvalue weighted by atomic mass is 32.1. The third-order valence-corrected chi connectivity index (χ3v) is 5.92. The predicted octanol–water partition coefficient (Wildman–Crippen LogP) is 3.47. The zero-order valence-corrected chi connectivity index (χ0v) is 16.5. The molecule has 3 aromatic rings. The lowest BCUT2D eigenvalue weighted by Crippen LogP contribution is -2.46. The Balaban J connectivity index is 1.58. The number of ether oxygens (including phenoxy) is 1. The molecule has 1 aliphatic rings. The molecule has 146 valence electrons. The third kappa shape index (κ3) is 4.06. The molecular formula is C21H22FN3O2S. The number of rotatable bonds is 5. The van der Waals surface area contributed by atoms with Gasteiger partial charge in [-0.2, -0.15) is 0 Å². The average Bonchev–Trinajstić information content (AvgIpc) is 3.11. The molecule has 0 aliphatic carbocycles. The summed E-state index contributed by atoms with van der Waals surface area (Å²) in [5.74, 6) is -0.399. The molecule has 0 radical (unpaired) electrons. The molecule has 1 saturated heterocycles. The summed E-state index contributed by atoms with van der Waals surface area (Å²) in [6.45, 7) is 2.85. The largest absolute Gasteiger partial charge is 0.379 e. The van der Waals surface area contributed by atoms with Crippen LogP contribution in [0.1, 0.15) is 16.6 Å². The van der Waals surface area contributed by atoms with Crippen molar-refractivity contribution in [3.8, 4) is 0 Å². The first-order valence-corrected chi connectivity index (χ1v) is 10.1. The van der Waals surface area contributed by atoms with Crippen molar-refractivity contribution in [3.63, 3.8) is 0 Å². The summed E-state index contributed by atoms with van der Waals surface area (Å²) in [5, 5.41) is 0.886. The molecule has 1 atom stereocenters. The van der Waals surface area contributed by atoms with E-state index in [9.17, 15) is 9.18 Å². The molecule has 1 aromatic heterocycles. The summed E-state index contributed by atoms with van der Waals surface area (Å²) in [5.41, 5.74) is 1.61. The van der Waals surface area contributed by atoms with E-state index >= 15 is 0 Å². The Bertz CT molecular complexity index is 938. The molecule has 1 amide bonds. The molecule has 28 heavy (non-hydrogen) atoms. The van der Waals surface area contributed by atoms with Gasteiger partial charge >= 0.3 is 0 Å². The predicted molar refractivity (Wildman–Crippen MR) is 108 cm³/mol. The molecule has 7 heteroatoms. The van der Waals surface area contributed by atoms with Gasteiger partial charge in [0.2, 0.25) is 5.91 Å². The van der Waals surface area contributed by atoms with E-state index in [1.165, 1.54) is 12.1 Å². The molecule has 2 heterocycles. The van der Waals surface area contributed by atoms with Gasteiger partial charge in [0.15, 0.2) is 0 Å². The number of thiazole rings is 1. The fourth-order valence-electron chi connectivity index (χ4n) is 3.50. The number of aromatic nitrogens is 1. The highest BCUT2D eigenvalue weighted by molar-refractivity contribution is 7.18. The number of fused-ring (bicyclic) bond motifs is 1. The summed E-state index contributed by atoms with van der Waals surface area (Å²) in [7, 11) is 1.78. The molecule has 0 bridgehead atoms. The van der Waals surface area contributed by atoms with E-state index in [0.717, 1.165) is 15.2 Å². The first-order chi connectivity index (χ1) is 13.6. The molecule has 1 unspecified atom stereocenters. The van der Waals surface area contributed by atoms with Gasteiger partial charge in [0.05, 0.1) is 30.0 Å². The minimum absolute atomic E-state index is 0.0632. The zero-order valence-electron chi connectivity index (χ0n) is 15.7. The van der Waals surface area contributed by atoms with Crippen molar-refractivity contribution in [2.24, 2.45) is 0 Å². The SMILES string of the molecule is CN(Cc1nc2ccccc2s1)C(=O)C(c1cccc(F)c1)N1CCOCC1. The van der Waals surface area contributed by atoms with Crippen LogP contribution in [-0.4, -0.2) is 54.0 Å². The van der Waals surface area contributed by atoms with E-state index in [2.05, 4.69) is 9.88 Å². The smallest absolute Gasteiger partial charge is 0.244 e. The van der Waals surface area contributed by atoms with E-state index in [0.29, 0.717) is 38.4 Å². The fraction of sp³-hybridized carbons (Fsp3) is 0.333. The van der Waals surface area contributed by atoms with E-state index in [4.69, 9.17) is 4.74 Å². The van der Waals surface area contributed by atoms with E-state index in [1.54, 1.807) is 29.4 Å². The second-order valence-corrected chi connectivity index (χ2v) is 7.99. The first-order valence-electron chi connectivity index (χ1n) is 9.28. The second-order valence-electron chi connectivity index (χ2n) is 6.88. The maximum atomic E-state index is 13.8.